The predicted molar refractivity (Wildman–Crippen MR) is 76.3 cm³/mol. The van der Waals surface area contributed by atoms with E-state index in [-0.39, 0.29) is 5.56 Å². The molecule has 0 aliphatic heterocycles. The number of carbonyl (C=O) groups excluding carboxylic acids is 2. The average Bonchev–Trinajstić information content (AvgIpc) is 2.26. The van der Waals surface area contributed by atoms with E-state index in [2.05, 4.69) is 20.7 Å². The number of esters is 1. The largest absolute Gasteiger partial charge is 0.544 e. The minimum atomic E-state index is -4.30. The molecule has 20 heavy (non-hydrogen) atoms. The lowest BCUT2D eigenvalue weighted by atomic mass is 10.0. The van der Waals surface area contributed by atoms with Gasteiger partial charge in [0.1, 0.15) is 5.97 Å². The summed E-state index contributed by atoms with van der Waals surface area (Å²) >= 11 is 5.10. The molecule has 0 fully saturated rings. The fourth-order valence-electron chi connectivity index (χ4n) is 1.27. The van der Waals surface area contributed by atoms with Crippen molar-refractivity contribution in [2.45, 2.75) is 25.4 Å². The smallest absolute Gasteiger partial charge is 0.338 e. The standard InChI is InChI=1S/C12H10BrF2IO4/c1-11(2,12(14,15)10(18)19)20-9(17)6-3-7(13)5-8(16)4-6/h3-5H,1-2H3,(H,18,19)/p-1. The summed E-state index contributed by atoms with van der Waals surface area (Å²) in [5.41, 5.74) is -2.50. The Bertz CT molecular complexity index is 540. The molecule has 0 radical (unpaired) electrons. The Morgan fingerprint density at radius 2 is 1.85 bits per heavy atom. The molecule has 4 nitrogen and oxygen atoms in total. The van der Waals surface area contributed by atoms with E-state index in [0.717, 1.165) is 13.8 Å². The maximum Gasteiger partial charge on any atom is 0.338 e. The van der Waals surface area contributed by atoms with Crippen LogP contribution in [0.2, 0.25) is 0 Å². The number of halogens is 4. The molecule has 0 unspecified atom stereocenters. The number of ether oxygens (including phenoxy) is 1. The third-order valence-corrected chi connectivity index (χ3v) is 3.54. The molecule has 0 saturated heterocycles. The summed E-state index contributed by atoms with van der Waals surface area (Å²) in [6, 6.07) is 4.52. The fraction of sp³-hybridized carbons (Fsp3) is 0.333. The minimum Gasteiger partial charge on any atom is -0.544 e. The summed E-state index contributed by atoms with van der Waals surface area (Å²) in [6.07, 6.45) is 0. The van der Waals surface area contributed by atoms with Gasteiger partial charge in [-0.1, -0.05) is 15.9 Å². The molecule has 8 heteroatoms. The molecule has 0 saturated carbocycles. The van der Waals surface area contributed by atoms with Gasteiger partial charge in [-0.2, -0.15) is 8.78 Å². The highest BCUT2D eigenvalue weighted by molar-refractivity contribution is 14.1. The lowest BCUT2D eigenvalue weighted by molar-refractivity contribution is -0.341. The Hall–Kier alpha value is -0.770. The summed E-state index contributed by atoms with van der Waals surface area (Å²) in [5, 5.41) is 10.4. The van der Waals surface area contributed by atoms with Gasteiger partial charge in [-0.3, -0.25) is 0 Å². The lowest BCUT2D eigenvalue weighted by Gasteiger charge is -2.33. The first-order chi connectivity index (χ1) is 8.97. The summed E-state index contributed by atoms with van der Waals surface area (Å²) in [5.74, 6) is -7.95. The maximum atomic E-state index is 13.4. The fourth-order valence-corrected chi connectivity index (χ4v) is 2.86. The van der Waals surface area contributed by atoms with Crippen LogP contribution in [-0.2, 0) is 9.53 Å². The number of carboxylic acid groups (broad SMARTS) is 1. The zero-order valence-electron chi connectivity index (χ0n) is 10.4. The van der Waals surface area contributed by atoms with Crippen LogP contribution in [0.5, 0.6) is 0 Å². The van der Waals surface area contributed by atoms with Gasteiger partial charge >= 0.3 is 11.9 Å². The normalized spacial score (nSPS) is 12.1. The van der Waals surface area contributed by atoms with Crippen LogP contribution in [0.25, 0.3) is 0 Å². The van der Waals surface area contributed by atoms with Gasteiger partial charge in [-0.15, -0.1) is 0 Å². The molecule has 1 aromatic rings. The number of hydrogen-bond donors (Lipinski definition) is 0. The third kappa shape index (κ3) is 3.66. The number of alkyl halides is 2. The van der Waals surface area contributed by atoms with E-state index in [4.69, 9.17) is 0 Å². The van der Waals surface area contributed by atoms with Crippen LogP contribution in [0.15, 0.2) is 22.7 Å². The molecule has 0 amide bonds. The van der Waals surface area contributed by atoms with E-state index in [9.17, 15) is 23.5 Å². The monoisotopic (exact) mass is 461 g/mol. The first-order valence-electron chi connectivity index (χ1n) is 5.26. The predicted octanol–water partition coefficient (Wildman–Crippen LogP) is 2.37. The van der Waals surface area contributed by atoms with Gasteiger partial charge in [0.2, 0.25) is 0 Å². The highest BCUT2D eigenvalue weighted by Crippen LogP contribution is 2.32. The van der Waals surface area contributed by atoms with Crippen LogP contribution in [0.4, 0.5) is 8.78 Å². The molecule has 0 aromatic heterocycles. The highest BCUT2D eigenvalue weighted by Gasteiger charge is 2.51. The van der Waals surface area contributed by atoms with Crippen LogP contribution >= 0.6 is 38.5 Å². The molecule has 0 aliphatic rings. The maximum absolute atomic E-state index is 13.4. The van der Waals surface area contributed by atoms with Gasteiger partial charge in [0.15, 0.2) is 5.60 Å². The quantitative estimate of drug-likeness (QED) is 0.510. The Labute approximate surface area is 135 Å². The number of benzene rings is 1. The van der Waals surface area contributed by atoms with Crippen molar-refractivity contribution in [1.29, 1.82) is 0 Å². The van der Waals surface area contributed by atoms with E-state index >= 15 is 0 Å². The zero-order chi connectivity index (χ0) is 15.7. The van der Waals surface area contributed by atoms with Gasteiger partial charge in [-0.05, 0) is 54.6 Å². The Morgan fingerprint density at radius 3 is 2.30 bits per heavy atom. The SMILES string of the molecule is CC(C)(OC(=O)c1cc(Br)cc(I)c1)C(F)(F)C(=O)[O-]. The molecule has 0 spiro atoms. The lowest BCUT2D eigenvalue weighted by Crippen LogP contribution is -2.57. The van der Waals surface area contributed by atoms with Crippen LogP contribution in [-0.4, -0.2) is 23.5 Å². The summed E-state index contributed by atoms with van der Waals surface area (Å²) in [7, 11) is 0. The van der Waals surface area contributed by atoms with Crippen molar-refractivity contribution in [2.24, 2.45) is 0 Å². The van der Waals surface area contributed by atoms with E-state index in [1.165, 1.54) is 12.1 Å². The zero-order valence-corrected chi connectivity index (χ0v) is 14.1. The van der Waals surface area contributed by atoms with Gasteiger partial charge in [0, 0.05) is 8.04 Å². The molecular formula is C12H9BrF2IO4-. The minimum absolute atomic E-state index is 0.0333. The molecule has 0 aliphatic carbocycles. The van der Waals surface area contributed by atoms with E-state index in [1.807, 2.05) is 22.6 Å². The summed E-state index contributed by atoms with van der Waals surface area (Å²) in [4.78, 5) is 22.3. The second-order valence-corrected chi connectivity index (χ2v) is 6.58. The van der Waals surface area contributed by atoms with Crippen molar-refractivity contribution < 1.29 is 28.2 Å². The average molecular weight is 462 g/mol. The molecule has 1 aromatic carbocycles. The second kappa shape index (κ2) is 5.92. The molecular weight excluding hydrogens is 453 g/mol. The van der Waals surface area contributed by atoms with Gasteiger partial charge < -0.3 is 14.6 Å². The van der Waals surface area contributed by atoms with E-state index in [0.29, 0.717) is 8.04 Å². The molecule has 0 N–H and O–H groups in total. The molecule has 110 valence electrons. The van der Waals surface area contributed by atoms with Gasteiger partial charge in [0.25, 0.3) is 0 Å². The van der Waals surface area contributed by atoms with Crippen molar-refractivity contribution in [2.75, 3.05) is 0 Å². The molecule has 0 atom stereocenters. The summed E-state index contributed by atoms with van der Waals surface area (Å²) in [6.45, 7) is 1.62. The van der Waals surface area contributed by atoms with E-state index in [1.54, 1.807) is 6.07 Å². The van der Waals surface area contributed by atoms with Crippen molar-refractivity contribution in [3.05, 3.63) is 31.8 Å². The third-order valence-electron chi connectivity index (χ3n) is 2.46. The second-order valence-electron chi connectivity index (χ2n) is 4.42. The first kappa shape index (κ1) is 17.3. The van der Waals surface area contributed by atoms with Crippen LogP contribution < -0.4 is 5.11 Å². The number of rotatable bonds is 4. The number of aliphatic carboxylic acids is 1. The van der Waals surface area contributed by atoms with Crippen molar-refractivity contribution in [3.63, 3.8) is 0 Å². The van der Waals surface area contributed by atoms with Crippen LogP contribution in [0.3, 0.4) is 0 Å². The van der Waals surface area contributed by atoms with Crippen molar-refractivity contribution in [1.82, 2.24) is 0 Å². The van der Waals surface area contributed by atoms with Crippen LogP contribution in [0, 0.1) is 3.57 Å². The number of carbonyl (C=O) groups is 2. The van der Waals surface area contributed by atoms with Gasteiger partial charge in [0.05, 0.1) is 5.56 Å². The topological polar surface area (TPSA) is 66.4 Å². The summed E-state index contributed by atoms with van der Waals surface area (Å²) < 4.78 is 32.7. The van der Waals surface area contributed by atoms with Crippen molar-refractivity contribution >= 4 is 50.5 Å². The van der Waals surface area contributed by atoms with Crippen LogP contribution in [0.1, 0.15) is 24.2 Å². The molecule has 0 heterocycles. The number of hydrogen-bond acceptors (Lipinski definition) is 4. The first-order valence-corrected chi connectivity index (χ1v) is 7.13. The number of carboxylic acids is 1. The highest BCUT2D eigenvalue weighted by atomic mass is 127. The molecule has 0 bridgehead atoms. The Balaban J connectivity index is 3.03. The molecule has 1 rings (SSSR count). The Kier molecular flexibility index (Phi) is 5.12. The van der Waals surface area contributed by atoms with E-state index < -0.39 is 23.5 Å². The van der Waals surface area contributed by atoms with Crippen molar-refractivity contribution in [3.8, 4) is 0 Å². The van der Waals surface area contributed by atoms with Gasteiger partial charge in [-0.25, -0.2) is 4.79 Å². The Morgan fingerprint density at radius 1 is 1.30 bits per heavy atom.